The Kier molecular flexibility index (Phi) is 11.6. The highest BCUT2D eigenvalue weighted by atomic mass is 16.5. The number of Topliss-reactive ketones (excluding diaryl/α,β-unsaturated/α-hetero) is 1. The first-order chi connectivity index (χ1) is 9.10. The molecule has 1 atom stereocenters. The molecule has 112 valence electrons. The largest absolute Gasteiger partial charge is 0.469 e. The van der Waals surface area contributed by atoms with Crippen molar-refractivity contribution >= 4 is 11.8 Å². The number of methoxy groups -OCH3 is 1. The summed E-state index contributed by atoms with van der Waals surface area (Å²) in [5.74, 6) is -0.782. The summed E-state index contributed by atoms with van der Waals surface area (Å²) in [7, 11) is 1.25. The molecule has 4 nitrogen and oxygen atoms in total. The van der Waals surface area contributed by atoms with Crippen molar-refractivity contribution in [2.24, 2.45) is 0 Å². The standard InChI is InChI=1S/C15H28O4/c1-3-4-5-6-7-8-9-10-13(16)11-14(17)12-15(18)19-2/h13,16H,3-12H2,1-2H3/t13-/m1/s1. The molecular weight excluding hydrogens is 244 g/mol. The normalized spacial score (nSPS) is 12.2. The molecule has 0 spiro atoms. The highest BCUT2D eigenvalue weighted by molar-refractivity contribution is 5.95. The van der Waals surface area contributed by atoms with E-state index in [0.29, 0.717) is 6.42 Å². The van der Waals surface area contributed by atoms with E-state index in [1.165, 1.54) is 39.2 Å². The fourth-order valence-corrected chi connectivity index (χ4v) is 2.01. The van der Waals surface area contributed by atoms with Crippen molar-refractivity contribution < 1.29 is 19.4 Å². The van der Waals surface area contributed by atoms with Gasteiger partial charge in [0.15, 0.2) is 0 Å². The van der Waals surface area contributed by atoms with E-state index in [1.807, 2.05) is 0 Å². The highest BCUT2D eigenvalue weighted by Gasteiger charge is 2.14. The molecule has 0 aromatic carbocycles. The maximum absolute atomic E-state index is 11.4. The summed E-state index contributed by atoms with van der Waals surface area (Å²) in [6, 6.07) is 0. The molecule has 0 unspecified atom stereocenters. The third-order valence-electron chi connectivity index (χ3n) is 3.17. The number of aliphatic hydroxyl groups excluding tert-OH is 1. The van der Waals surface area contributed by atoms with Crippen LogP contribution in [0.5, 0.6) is 0 Å². The van der Waals surface area contributed by atoms with E-state index in [-0.39, 0.29) is 18.6 Å². The van der Waals surface area contributed by atoms with Gasteiger partial charge in [-0.1, -0.05) is 51.9 Å². The van der Waals surface area contributed by atoms with Gasteiger partial charge >= 0.3 is 5.97 Å². The second-order valence-electron chi connectivity index (χ2n) is 5.06. The number of ketones is 1. The van der Waals surface area contributed by atoms with Crippen LogP contribution < -0.4 is 0 Å². The van der Waals surface area contributed by atoms with Crippen LogP contribution >= 0.6 is 0 Å². The van der Waals surface area contributed by atoms with Gasteiger partial charge in [0, 0.05) is 6.42 Å². The van der Waals surface area contributed by atoms with Crippen molar-refractivity contribution in [3.63, 3.8) is 0 Å². The van der Waals surface area contributed by atoms with Gasteiger partial charge in [-0.05, 0) is 6.42 Å². The van der Waals surface area contributed by atoms with Gasteiger partial charge in [0.2, 0.25) is 0 Å². The van der Waals surface area contributed by atoms with Gasteiger partial charge in [-0.25, -0.2) is 0 Å². The van der Waals surface area contributed by atoms with Crippen LogP contribution in [-0.2, 0) is 14.3 Å². The summed E-state index contributed by atoms with van der Waals surface area (Å²) in [6.45, 7) is 2.20. The van der Waals surface area contributed by atoms with E-state index in [0.717, 1.165) is 12.8 Å². The zero-order valence-corrected chi connectivity index (χ0v) is 12.3. The number of rotatable bonds is 12. The van der Waals surface area contributed by atoms with Crippen LogP contribution in [-0.4, -0.2) is 30.1 Å². The second-order valence-corrected chi connectivity index (χ2v) is 5.06. The molecule has 0 amide bonds. The van der Waals surface area contributed by atoms with Gasteiger partial charge in [-0.2, -0.15) is 0 Å². The Morgan fingerprint density at radius 1 is 1.05 bits per heavy atom. The average molecular weight is 272 g/mol. The Hall–Kier alpha value is -0.900. The topological polar surface area (TPSA) is 63.6 Å². The SMILES string of the molecule is CCCCCCCCC[C@@H](O)CC(=O)CC(=O)OC. The lowest BCUT2D eigenvalue weighted by molar-refractivity contribution is -0.143. The summed E-state index contributed by atoms with van der Waals surface area (Å²) >= 11 is 0. The molecule has 0 rings (SSSR count). The van der Waals surface area contributed by atoms with Crippen LogP contribution in [0, 0.1) is 0 Å². The Labute approximate surface area is 116 Å². The van der Waals surface area contributed by atoms with Gasteiger partial charge < -0.3 is 9.84 Å². The molecule has 0 aliphatic rings. The molecule has 0 fully saturated rings. The van der Waals surface area contributed by atoms with Crippen LogP contribution in [0.3, 0.4) is 0 Å². The van der Waals surface area contributed by atoms with E-state index >= 15 is 0 Å². The summed E-state index contributed by atoms with van der Waals surface area (Å²) < 4.78 is 4.41. The smallest absolute Gasteiger partial charge is 0.313 e. The van der Waals surface area contributed by atoms with Crippen molar-refractivity contribution in [1.82, 2.24) is 0 Å². The predicted molar refractivity (Wildman–Crippen MR) is 74.9 cm³/mol. The number of hydrogen-bond donors (Lipinski definition) is 1. The number of unbranched alkanes of at least 4 members (excludes halogenated alkanes) is 6. The molecule has 0 aromatic rings. The molecular formula is C15H28O4. The first-order valence-corrected chi connectivity index (χ1v) is 7.36. The molecule has 4 heteroatoms. The van der Waals surface area contributed by atoms with Gasteiger partial charge in [-0.15, -0.1) is 0 Å². The molecule has 0 aromatic heterocycles. The maximum atomic E-state index is 11.4. The summed E-state index contributed by atoms with van der Waals surface area (Å²) in [5.41, 5.74) is 0. The van der Waals surface area contributed by atoms with Crippen LogP contribution in [0.1, 0.15) is 71.1 Å². The highest BCUT2D eigenvalue weighted by Crippen LogP contribution is 2.11. The first-order valence-electron chi connectivity index (χ1n) is 7.36. The molecule has 0 heterocycles. The number of ether oxygens (including phenoxy) is 1. The van der Waals surface area contributed by atoms with E-state index < -0.39 is 12.1 Å². The maximum Gasteiger partial charge on any atom is 0.313 e. The Morgan fingerprint density at radius 3 is 2.21 bits per heavy atom. The van der Waals surface area contributed by atoms with Crippen molar-refractivity contribution in [2.45, 2.75) is 77.2 Å². The molecule has 0 saturated heterocycles. The summed E-state index contributed by atoms with van der Waals surface area (Å²) in [5, 5.41) is 9.67. The fraction of sp³-hybridized carbons (Fsp3) is 0.867. The molecule has 19 heavy (non-hydrogen) atoms. The molecule has 0 aliphatic carbocycles. The molecule has 0 radical (unpaired) electrons. The van der Waals surface area contributed by atoms with Gasteiger partial charge in [0.1, 0.15) is 12.2 Å². The Balaban J connectivity index is 3.45. The Bertz CT molecular complexity index is 251. The van der Waals surface area contributed by atoms with Crippen molar-refractivity contribution in [1.29, 1.82) is 0 Å². The monoisotopic (exact) mass is 272 g/mol. The molecule has 0 saturated carbocycles. The van der Waals surface area contributed by atoms with Gasteiger partial charge in [0.25, 0.3) is 0 Å². The number of hydrogen-bond acceptors (Lipinski definition) is 4. The number of carbonyl (C=O) groups excluding carboxylic acids is 2. The molecule has 0 bridgehead atoms. The predicted octanol–water partition coefficient (Wildman–Crippen LogP) is 3.01. The minimum Gasteiger partial charge on any atom is -0.469 e. The van der Waals surface area contributed by atoms with Crippen LogP contribution in [0.15, 0.2) is 0 Å². The minimum absolute atomic E-state index is 0.0605. The van der Waals surface area contributed by atoms with E-state index in [1.54, 1.807) is 0 Å². The van der Waals surface area contributed by atoms with Crippen LogP contribution in [0.2, 0.25) is 0 Å². The third kappa shape index (κ3) is 11.9. The zero-order chi connectivity index (χ0) is 14.5. The third-order valence-corrected chi connectivity index (χ3v) is 3.17. The quantitative estimate of drug-likeness (QED) is 0.337. The van der Waals surface area contributed by atoms with Crippen molar-refractivity contribution in [3.8, 4) is 0 Å². The van der Waals surface area contributed by atoms with Gasteiger partial charge in [0.05, 0.1) is 13.2 Å². The summed E-state index contributed by atoms with van der Waals surface area (Å²) in [6.07, 6.45) is 8.19. The van der Waals surface area contributed by atoms with Crippen molar-refractivity contribution in [3.05, 3.63) is 0 Å². The van der Waals surface area contributed by atoms with Gasteiger partial charge in [-0.3, -0.25) is 9.59 Å². The summed E-state index contributed by atoms with van der Waals surface area (Å²) in [4.78, 5) is 22.2. The molecule has 1 N–H and O–H groups in total. The number of aliphatic hydroxyl groups is 1. The molecule has 0 aliphatic heterocycles. The second kappa shape index (κ2) is 12.2. The lowest BCUT2D eigenvalue weighted by Crippen LogP contribution is -2.16. The lowest BCUT2D eigenvalue weighted by atomic mass is 10.0. The average Bonchev–Trinajstić information content (AvgIpc) is 2.37. The van der Waals surface area contributed by atoms with Crippen LogP contribution in [0.25, 0.3) is 0 Å². The van der Waals surface area contributed by atoms with E-state index in [4.69, 9.17) is 0 Å². The Morgan fingerprint density at radius 2 is 1.63 bits per heavy atom. The fourth-order valence-electron chi connectivity index (χ4n) is 2.01. The number of esters is 1. The zero-order valence-electron chi connectivity index (χ0n) is 12.3. The van der Waals surface area contributed by atoms with E-state index in [9.17, 15) is 14.7 Å². The van der Waals surface area contributed by atoms with E-state index in [2.05, 4.69) is 11.7 Å². The lowest BCUT2D eigenvalue weighted by Gasteiger charge is -2.09. The van der Waals surface area contributed by atoms with Crippen LogP contribution in [0.4, 0.5) is 0 Å². The number of carbonyl (C=O) groups is 2. The first kappa shape index (κ1) is 18.1. The van der Waals surface area contributed by atoms with Crippen molar-refractivity contribution in [2.75, 3.05) is 7.11 Å². The minimum atomic E-state index is -0.618.